The van der Waals surface area contributed by atoms with E-state index in [9.17, 15) is 43.2 Å². The Bertz CT molecular complexity index is 1720. The molecule has 0 bridgehead atoms. The van der Waals surface area contributed by atoms with Gasteiger partial charge in [0.05, 0.1) is 26.4 Å². The van der Waals surface area contributed by atoms with Crippen LogP contribution < -0.4 is 0 Å². The molecule has 0 amide bonds. The first-order valence-electron chi connectivity index (χ1n) is 34.8. The highest BCUT2D eigenvalue weighted by Gasteiger charge is 2.30. The number of ether oxygens (including phenoxy) is 4. The van der Waals surface area contributed by atoms with Gasteiger partial charge in [-0.25, -0.2) is 9.13 Å². The van der Waals surface area contributed by atoms with Crippen molar-refractivity contribution in [2.75, 3.05) is 39.6 Å². The van der Waals surface area contributed by atoms with Crippen LogP contribution in [0.5, 0.6) is 0 Å². The molecule has 0 radical (unpaired) electrons. The van der Waals surface area contributed by atoms with E-state index in [4.69, 9.17) is 37.0 Å². The van der Waals surface area contributed by atoms with Gasteiger partial charge in [-0.15, -0.1) is 0 Å². The van der Waals surface area contributed by atoms with Crippen LogP contribution in [0.1, 0.15) is 325 Å². The zero-order valence-electron chi connectivity index (χ0n) is 55.9. The predicted molar refractivity (Wildman–Crippen MR) is 344 cm³/mol. The fourth-order valence-electron chi connectivity index (χ4n) is 9.89. The summed E-state index contributed by atoms with van der Waals surface area (Å²) in [6, 6.07) is 0. The van der Waals surface area contributed by atoms with Crippen LogP contribution in [0, 0.1) is 23.7 Å². The number of carbonyl (C=O) groups excluding carboxylic acids is 4. The molecule has 0 saturated heterocycles. The molecular weight excluding hydrogens is 1140 g/mol. The van der Waals surface area contributed by atoms with Crippen LogP contribution in [0.4, 0.5) is 0 Å². The van der Waals surface area contributed by atoms with E-state index >= 15 is 0 Å². The average Bonchev–Trinajstić information content (AvgIpc) is 3.62. The Morgan fingerprint density at radius 3 is 0.826 bits per heavy atom. The van der Waals surface area contributed by atoms with E-state index in [0.29, 0.717) is 31.6 Å². The Kier molecular flexibility index (Phi) is 55.7. The minimum Gasteiger partial charge on any atom is -0.462 e. The van der Waals surface area contributed by atoms with Crippen LogP contribution in [0.25, 0.3) is 0 Å². The fourth-order valence-corrected chi connectivity index (χ4v) is 11.5. The molecule has 17 nitrogen and oxygen atoms in total. The van der Waals surface area contributed by atoms with Crippen molar-refractivity contribution < 1.29 is 80.2 Å². The maximum atomic E-state index is 13.0. The van der Waals surface area contributed by atoms with Gasteiger partial charge in [0.2, 0.25) is 0 Å². The molecule has 0 heterocycles. The van der Waals surface area contributed by atoms with Crippen molar-refractivity contribution in [1.29, 1.82) is 0 Å². The van der Waals surface area contributed by atoms with Gasteiger partial charge in [-0.2, -0.15) is 0 Å². The number of carbonyl (C=O) groups is 4. The lowest BCUT2D eigenvalue weighted by molar-refractivity contribution is -0.161. The molecule has 510 valence electrons. The van der Waals surface area contributed by atoms with Gasteiger partial charge in [-0.3, -0.25) is 37.3 Å². The van der Waals surface area contributed by atoms with E-state index in [0.717, 1.165) is 120 Å². The highest BCUT2D eigenvalue weighted by Crippen LogP contribution is 2.45. The van der Waals surface area contributed by atoms with Gasteiger partial charge in [0.15, 0.2) is 12.2 Å². The molecule has 0 spiro atoms. The summed E-state index contributed by atoms with van der Waals surface area (Å²) in [5.74, 6) is 0.819. The quantitative estimate of drug-likeness (QED) is 0.0222. The number of hydrogen-bond acceptors (Lipinski definition) is 15. The SMILES string of the molecule is CCC(C)CCCCCCCCCCC(=O)O[C@H](COC(=O)CCCCCCCCC(C)CC)COP(=O)(O)OC[C@@H](O)COP(=O)(O)OC[C@@H](COC(=O)CCCCCCCCC(C)C)OC(=O)CCCCCCCCCCCCCCC(C)C. The summed E-state index contributed by atoms with van der Waals surface area (Å²) in [5.41, 5.74) is 0. The van der Waals surface area contributed by atoms with Crippen LogP contribution in [0.3, 0.4) is 0 Å². The van der Waals surface area contributed by atoms with Crippen molar-refractivity contribution in [1.82, 2.24) is 0 Å². The van der Waals surface area contributed by atoms with Crippen molar-refractivity contribution >= 4 is 39.5 Å². The van der Waals surface area contributed by atoms with Crippen LogP contribution in [0.2, 0.25) is 0 Å². The molecule has 4 unspecified atom stereocenters. The molecule has 0 aromatic heterocycles. The van der Waals surface area contributed by atoms with E-state index < -0.39 is 97.5 Å². The Labute approximate surface area is 524 Å². The first kappa shape index (κ1) is 84.1. The first-order valence-corrected chi connectivity index (χ1v) is 37.8. The van der Waals surface area contributed by atoms with Crippen molar-refractivity contribution in [3.63, 3.8) is 0 Å². The second-order valence-electron chi connectivity index (χ2n) is 25.6. The molecule has 0 aliphatic rings. The van der Waals surface area contributed by atoms with Gasteiger partial charge in [0.25, 0.3) is 0 Å². The second kappa shape index (κ2) is 57.0. The van der Waals surface area contributed by atoms with Crippen molar-refractivity contribution in [2.24, 2.45) is 23.7 Å². The van der Waals surface area contributed by atoms with Gasteiger partial charge in [-0.1, -0.05) is 274 Å². The summed E-state index contributed by atoms with van der Waals surface area (Å²) in [6.07, 6.45) is 37.7. The molecule has 19 heteroatoms. The third-order valence-corrected chi connectivity index (χ3v) is 17.9. The number of aliphatic hydroxyl groups excluding tert-OH is 1. The van der Waals surface area contributed by atoms with Gasteiger partial charge in [0.1, 0.15) is 19.3 Å². The molecule has 3 N–H and O–H groups in total. The molecule has 0 rings (SSSR count). The Hall–Kier alpha value is -1.94. The number of rotatable bonds is 64. The minimum absolute atomic E-state index is 0.103. The van der Waals surface area contributed by atoms with Crippen LogP contribution in [-0.4, -0.2) is 96.7 Å². The summed E-state index contributed by atoms with van der Waals surface area (Å²) >= 11 is 0. The number of unbranched alkanes of at least 4 members (excludes halogenated alkanes) is 28. The summed E-state index contributed by atoms with van der Waals surface area (Å²) in [6.45, 7) is 14.0. The molecule has 0 aromatic carbocycles. The third kappa shape index (κ3) is 58.4. The Balaban J connectivity index is 5.25. The molecule has 86 heavy (non-hydrogen) atoms. The number of esters is 4. The molecule has 0 saturated carbocycles. The van der Waals surface area contributed by atoms with Crippen molar-refractivity contribution in [2.45, 2.75) is 343 Å². The standard InChI is InChI=1S/C67H130O17P2/c1-9-59(7)45-37-29-20-17-18-22-34-42-50-67(72)84-63(54-78-65(70)48-40-32-26-24-30-38-46-60(8)10-2)56-82-86(75,76)80-52-61(68)51-79-85(73,74)81-55-62(53-77-64(69)47-39-31-25-23-28-36-44-58(5)6)83-66(71)49-41-33-21-16-14-12-11-13-15-19-27-35-43-57(3)4/h57-63,68H,9-56H2,1-8H3,(H,73,74)(H,75,76)/t59?,60?,61-,62+,63+/m0/s1. The van der Waals surface area contributed by atoms with Crippen molar-refractivity contribution in [3.05, 3.63) is 0 Å². The molecule has 0 fully saturated rings. The van der Waals surface area contributed by atoms with Gasteiger partial charge < -0.3 is 33.8 Å². The number of phosphoric acid groups is 2. The normalized spacial score (nSPS) is 15.0. The van der Waals surface area contributed by atoms with E-state index in [1.165, 1.54) is 116 Å². The Morgan fingerprint density at radius 1 is 0.326 bits per heavy atom. The van der Waals surface area contributed by atoms with Crippen molar-refractivity contribution in [3.8, 4) is 0 Å². The molecule has 0 aromatic rings. The van der Waals surface area contributed by atoms with E-state index in [2.05, 4.69) is 55.4 Å². The van der Waals surface area contributed by atoms with Crippen LogP contribution >= 0.6 is 15.6 Å². The number of phosphoric ester groups is 2. The third-order valence-electron chi connectivity index (χ3n) is 16.0. The maximum Gasteiger partial charge on any atom is 0.472 e. The highest BCUT2D eigenvalue weighted by molar-refractivity contribution is 7.47. The number of hydrogen-bond donors (Lipinski definition) is 3. The highest BCUT2D eigenvalue weighted by atomic mass is 31.2. The molecule has 0 aliphatic carbocycles. The maximum absolute atomic E-state index is 13.0. The first-order chi connectivity index (χ1) is 41.2. The van der Waals surface area contributed by atoms with Crippen LogP contribution in [-0.2, 0) is 65.4 Å². The summed E-state index contributed by atoms with van der Waals surface area (Å²) in [5, 5.41) is 10.6. The lowest BCUT2D eigenvalue weighted by atomic mass is 9.99. The summed E-state index contributed by atoms with van der Waals surface area (Å²) < 4.78 is 68.1. The minimum atomic E-state index is -4.95. The summed E-state index contributed by atoms with van der Waals surface area (Å²) in [4.78, 5) is 72.3. The van der Waals surface area contributed by atoms with E-state index in [-0.39, 0.29) is 25.7 Å². The molecule has 0 aliphatic heterocycles. The zero-order valence-corrected chi connectivity index (χ0v) is 57.7. The van der Waals surface area contributed by atoms with Gasteiger partial charge in [0, 0.05) is 25.7 Å². The lowest BCUT2D eigenvalue weighted by Crippen LogP contribution is -2.30. The molecule has 7 atom stereocenters. The average molecular weight is 1270 g/mol. The predicted octanol–water partition coefficient (Wildman–Crippen LogP) is 18.5. The monoisotopic (exact) mass is 1270 g/mol. The largest absolute Gasteiger partial charge is 0.472 e. The van der Waals surface area contributed by atoms with Gasteiger partial charge >= 0.3 is 39.5 Å². The summed E-state index contributed by atoms with van der Waals surface area (Å²) in [7, 11) is -9.90. The lowest BCUT2D eigenvalue weighted by Gasteiger charge is -2.21. The second-order valence-corrected chi connectivity index (χ2v) is 28.6. The topological polar surface area (TPSA) is 237 Å². The Morgan fingerprint density at radius 2 is 0.558 bits per heavy atom. The van der Waals surface area contributed by atoms with E-state index in [1.54, 1.807) is 0 Å². The van der Waals surface area contributed by atoms with Gasteiger partial charge in [-0.05, 0) is 49.4 Å². The van der Waals surface area contributed by atoms with E-state index in [1.807, 2.05) is 0 Å². The fraction of sp³-hybridized carbons (Fsp3) is 0.940. The smallest absolute Gasteiger partial charge is 0.462 e. The van der Waals surface area contributed by atoms with Crippen LogP contribution in [0.15, 0.2) is 0 Å². The zero-order chi connectivity index (χ0) is 63.9. The number of aliphatic hydroxyl groups is 1. The molecular formula is C67H130O17P2.